The molecule has 1 aliphatic heterocycles. The third-order valence-electron chi connectivity index (χ3n) is 4.05. The third-order valence-corrected chi connectivity index (χ3v) is 4.05. The smallest absolute Gasteiger partial charge is 0.317 e. The lowest BCUT2D eigenvalue weighted by Crippen LogP contribution is -2.53. The zero-order valence-electron chi connectivity index (χ0n) is 13.7. The molecule has 0 spiro atoms. The third kappa shape index (κ3) is 4.63. The van der Waals surface area contributed by atoms with Crippen LogP contribution in [0.5, 0.6) is 0 Å². The lowest BCUT2D eigenvalue weighted by molar-refractivity contribution is 0.00316. The van der Waals surface area contributed by atoms with Crippen molar-refractivity contribution in [3.05, 3.63) is 0 Å². The van der Waals surface area contributed by atoms with E-state index in [-0.39, 0.29) is 23.7 Å². The van der Waals surface area contributed by atoms with Crippen LogP contribution in [0, 0.1) is 0 Å². The van der Waals surface area contributed by atoms with Crippen LogP contribution in [0.3, 0.4) is 0 Å². The van der Waals surface area contributed by atoms with Crippen molar-refractivity contribution in [3.8, 4) is 0 Å². The molecule has 1 aliphatic rings. The summed E-state index contributed by atoms with van der Waals surface area (Å²) in [5.41, 5.74) is -1.11. The number of urea groups is 1. The fourth-order valence-corrected chi connectivity index (χ4v) is 2.91. The van der Waals surface area contributed by atoms with Crippen LogP contribution in [-0.4, -0.2) is 53.0 Å². The van der Waals surface area contributed by atoms with Gasteiger partial charge in [-0.1, -0.05) is 0 Å². The van der Waals surface area contributed by atoms with Gasteiger partial charge in [0.1, 0.15) is 0 Å². The predicted molar refractivity (Wildman–Crippen MR) is 79.7 cm³/mol. The maximum Gasteiger partial charge on any atom is 0.317 e. The van der Waals surface area contributed by atoms with E-state index in [1.54, 1.807) is 25.9 Å². The summed E-state index contributed by atoms with van der Waals surface area (Å²) in [7, 11) is 1.68. The minimum Gasteiger partial charge on any atom is -0.388 e. The first-order valence-electron chi connectivity index (χ1n) is 7.41. The highest BCUT2D eigenvalue weighted by molar-refractivity contribution is 5.75. The average molecular weight is 286 g/mol. The summed E-state index contributed by atoms with van der Waals surface area (Å²) in [6, 6.07) is -0.167. The number of ether oxygens (including phenoxy) is 1. The number of nitrogens with one attached hydrogen (secondary N) is 1. The summed E-state index contributed by atoms with van der Waals surface area (Å²) < 4.78 is 5.39. The number of aliphatic hydroxyl groups is 1. The van der Waals surface area contributed by atoms with Gasteiger partial charge in [-0.3, -0.25) is 0 Å². The van der Waals surface area contributed by atoms with Crippen molar-refractivity contribution in [2.75, 3.05) is 13.7 Å². The summed E-state index contributed by atoms with van der Waals surface area (Å²) >= 11 is 0. The standard InChI is InChI=1S/C15H30N2O3/c1-11(10-14(2,3)20-6)16-13(18)17-9-7-8-12(17)15(4,5)19/h11-12,19H,7-10H2,1-6H3,(H,16,18). The van der Waals surface area contributed by atoms with Gasteiger partial charge in [0.15, 0.2) is 0 Å². The lowest BCUT2D eigenvalue weighted by atomic mass is 9.97. The van der Waals surface area contributed by atoms with E-state index in [0.29, 0.717) is 6.54 Å². The maximum absolute atomic E-state index is 12.3. The Balaban J connectivity index is 2.58. The number of amides is 2. The zero-order valence-corrected chi connectivity index (χ0v) is 13.7. The van der Waals surface area contributed by atoms with Gasteiger partial charge in [0.2, 0.25) is 0 Å². The van der Waals surface area contributed by atoms with Crippen LogP contribution < -0.4 is 5.32 Å². The van der Waals surface area contributed by atoms with Gasteiger partial charge in [-0.2, -0.15) is 0 Å². The van der Waals surface area contributed by atoms with E-state index in [0.717, 1.165) is 19.3 Å². The fourth-order valence-electron chi connectivity index (χ4n) is 2.91. The molecule has 1 fully saturated rings. The van der Waals surface area contributed by atoms with Crippen molar-refractivity contribution in [1.29, 1.82) is 0 Å². The molecule has 1 rings (SSSR count). The number of likely N-dealkylation sites (tertiary alicyclic amines) is 1. The van der Waals surface area contributed by atoms with E-state index in [2.05, 4.69) is 5.32 Å². The number of rotatable bonds is 5. The molecule has 0 aromatic carbocycles. The van der Waals surface area contributed by atoms with Gasteiger partial charge in [0, 0.05) is 19.7 Å². The molecule has 118 valence electrons. The van der Waals surface area contributed by atoms with Crippen LogP contribution >= 0.6 is 0 Å². The monoisotopic (exact) mass is 286 g/mol. The molecule has 0 radical (unpaired) electrons. The summed E-state index contributed by atoms with van der Waals surface area (Å²) in [5.74, 6) is 0. The molecule has 2 N–H and O–H groups in total. The molecule has 1 heterocycles. The van der Waals surface area contributed by atoms with Gasteiger partial charge in [0.25, 0.3) is 0 Å². The molecule has 1 saturated heterocycles. The van der Waals surface area contributed by atoms with Crippen LogP contribution in [0.25, 0.3) is 0 Å². The molecule has 2 atom stereocenters. The fraction of sp³-hybridized carbons (Fsp3) is 0.933. The SMILES string of the molecule is COC(C)(C)CC(C)NC(=O)N1CCCC1C(C)(C)O. The number of carbonyl (C=O) groups excluding carboxylic acids is 1. The number of carbonyl (C=O) groups is 1. The van der Waals surface area contributed by atoms with Crippen molar-refractivity contribution in [2.45, 2.75) is 77.2 Å². The molecule has 0 aromatic rings. The summed E-state index contributed by atoms with van der Waals surface area (Å²) in [4.78, 5) is 14.1. The first-order chi connectivity index (χ1) is 9.07. The molecule has 0 aliphatic carbocycles. The van der Waals surface area contributed by atoms with Crippen molar-refractivity contribution < 1.29 is 14.6 Å². The van der Waals surface area contributed by atoms with Crippen LogP contribution in [0.15, 0.2) is 0 Å². The summed E-state index contributed by atoms with van der Waals surface area (Å²) in [6.45, 7) is 10.2. The first-order valence-corrected chi connectivity index (χ1v) is 7.41. The highest BCUT2D eigenvalue weighted by Crippen LogP contribution is 2.27. The van der Waals surface area contributed by atoms with Crippen LogP contribution in [-0.2, 0) is 4.74 Å². The molecule has 2 unspecified atom stereocenters. The predicted octanol–water partition coefficient (Wildman–Crippen LogP) is 2.13. The summed E-state index contributed by atoms with van der Waals surface area (Å²) in [5, 5.41) is 13.2. The van der Waals surface area contributed by atoms with E-state index < -0.39 is 5.60 Å². The Morgan fingerprint density at radius 3 is 2.55 bits per heavy atom. The lowest BCUT2D eigenvalue weighted by Gasteiger charge is -2.35. The minimum atomic E-state index is -0.858. The number of nitrogens with zero attached hydrogens (tertiary/aromatic N) is 1. The Hall–Kier alpha value is -0.810. The number of hydrogen-bond acceptors (Lipinski definition) is 3. The second-order valence-corrected chi connectivity index (χ2v) is 7.02. The second kappa shape index (κ2) is 6.31. The van der Waals surface area contributed by atoms with Gasteiger partial charge >= 0.3 is 6.03 Å². The van der Waals surface area contributed by atoms with E-state index in [4.69, 9.17) is 4.74 Å². The highest BCUT2D eigenvalue weighted by Gasteiger charge is 2.38. The van der Waals surface area contributed by atoms with Gasteiger partial charge < -0.3 is 20.1 Å². The average Bonchev–Trinajstić information content (AvgIpc) is 2.76. The quantitative estimate of drug-likeness (QED) is 0.814. The Labute approximate surface area is 122 Å². The molecule has 0 bridgehead atoms. The van der Waals surface area contributed by atoms with Crippen LogP contribution in [0.2, 0.25) is 0 Å². The molecular weight excluding hydrogens is 256 g/mol. The normalized spacial score (nSPS) is 21.9. The first kappa shape index (κ1) is 17.2. The molecule has 2 amide bonds. The minimum absolute atomic E-state index is 0.0282. The van der Waals surface area contributed by atoms with Crippen molar-refractivity contribution in [2.24, 2.45) is 0 Å². The zero-order chi connectivity index (χ0) is 15.6. The van der Waals surface area contributed by atoms with E-state index >= 15 is 0 Å². The molecule has 5 heteroatoms. The van der Waals surface area contributed by atoms with E-state index in [1.807, 2.05) is 20.8 Å². The molecule has 5 nitrogen and oxygen atoms in total. The summed E-state index contributed by atoms with van der Waals surface area (Å²) in [6.07, 6.45) is 2.55. The number of hydrogen-bond donors (Lipinski definition) is 2. The van der Waals surface area contributed by atoms with Crippen LogP contribution in [0.4, 0.5) is 4.79 Å². The van der Waals surface area contributed by atoms with Gasteiger partial charge in [-0.05, 0) is 53.9 Å². The van der Waals surface area contributed by atoms with E-state index in [9.17, 15) is 9.90 Å². The topological polar surface area (TPSA) is 61.8 Å². The Bertz CT molecular complexity index is 337. The Morgan fingerprint density at radius 2 is 2.05 bits per heavy atom. The second-order valence-electron chi connectivity index (χ2n) is 7.02. The van der Waals surface area contributed by atoms with Crippen molar-refractivity contribution in [1.82, 2.24) is 10.2 Å². The van der Waals surface area contributed by atoms with E-state index in [1.165, 1.54) is 0 Å². The van der Waals surface area contributed by atoms with Crippen molar-refractivity contribution >= 4 is 6.03 Å². The van der Waals surface area contributed by atoms with Gasteiger partial charge in [-0.25, -0.2) is 4.79 Å². The molecular formula is C15H30N2O3. The Morgan fingerprint density at radius 1 is 1.45 bits per heavy atom. The van der Waals surface area contributed by atoms with Crippen LogP contribution in [0.1, 0.15) is 53.9 Å². The molecule has 20 heavy (non-hydrogen) atoms. The molecule has 0 saturated carbocycles. The van der Waals surface area contributed by atoms with Gasteiger partial charge in [0.05, 0.1) is 17.2 Å². The van der Waals surface area contributed by atoms with Gasteiger partial charge in [-0.15, -0.1) is 0 Å². The number of methoxy groups -OCH3 is 1. The Kier molecular flexibility index (Phi) is 5.44. The van der Waals surface area contributed by atoms with Crippen molar-refractivity contribution in [3.63, 3.8) is 0 Å². The maximum atomic E-state index is 12.3. The molecule has 0 aromatic heterocycles. The largest absolute Gasteiger partial charge is 0.388 e. The highest BCUT2D eigenvalue weighted by atomic mass is 16.5.